The summed E-state index contributed by atoms with van der Waals surface area (Å²) in [5.74, 6) is 0.670. The lowest BCUT2D eigenvalue weighted by Gasteiger charge is -2.21. The molecule has 2 heterocycles. The van der Waals surface area contributed by atoms with Crippen molar-refractivity contribution in [2.24, 2.45) is 5.92 Å². The van der Waals surface area contributed by atoms with Gasteiger partial charge >= 0.3 is 0 Å². The average Bonchev–Trinajstić information content (AvgIpc) is 3.08. The minimum atomic E-state index is -3.25. The van der Waals surface area contributed by atoms with Gasteiger partial charge in [0.25, 0.3) is 0 Å². The number of thiazole rings is 1. The maximum atomic E-state index is 12.0. The molecule has 1 N–H and O–H groups in total. The summed E-state index contributed by atoms with van der Waals surface area (Å²) in [6, 6.07) is 5.90. The second-order valence-corrected chi connectivity index (χ2v) is 9.82. The Hall–Kier alpha value is -1.60. The van der Waals surface area contributed by atoms with Crippen LogP contribution in [-0.4, -0.2) is 32.2 Å². The summed E-state index contributed by atoms with van der Waals surface area (Å²) < 4.78 is 25.6. The van der Waals surface area contributed by atoms with Crippen molar-refractivity contribution >= 4 is 32.2 Å². The molecule has 7 heteroatoms. The molecule has 0 fully saturated rings. The van der Waals surface area contributed by atoms with Crippen LogP contribution in [0.1, 0.15) is 32.8 Å². The normalized spacial score (nSPS) is 17.2. The van der Waals surface area contributed by atoms with Crippen LogP contribution in [0.25, 0.3) is 11.3 Å². The quantitative estimate of drug-likeness (QED) is 0.825. The number of anilines is 2. The fraction of sp³-hybridized carbons (Fsp3) is 0.500. The van der Waals surface area contributed by atoms with Crippen molar-refractivity contribution in [1.82, 2.24) is 4.98 Å². The van der Waals surface area contributed by atoms with E-state index < -0.39 is 10.0 Å². The Kier molecular flexibility index (Phi) is 5.06. The maximum absolute atomic E-state index is 12.0. The molecule has 0 radical (unpaired) electrons. The summed E-state index contributed by atoms with van der Waals surface area (Å²) in [6.45, 7) is 7.29. The van der Waals surface area contributed by atoms with Crippen LogP contribution in [0.15, 0.2) is 23.6 Å². The molecular formula is C18H25N3O2S2. The van der Waals surface area contributed by atoms with Gasteiger partial charge in [0.15, 0.2) is 5.13 Å². The molecule has 0 amide bonds. The molecule has 2 aromatic rings. The molecule has 0 spiro atoms. The van der Waals surface area contributed by atoms with E-state index in [9.17, 15) is 8.42 Å². The van der Waals surface area contributed by atoms with Gasteiger partial charge in [0, 0.05) is 23.5 Å². The van der Waals surface area contributed by atoms with E-state index in [0.717, 1.165) is 47.0 Å². The number of nitrogens with zero attached hydrogens (tertiary/aromatic N) is 2. The number of aromatic nitrogens is 1. The highest BCUT2D eigenvalue weighted by Crippen LogP contribution is 2.37. The fourth-order valence-corrected chi connectivity index (χ4v) is 5.23. The van der Waals surface area contributed by atoms with Gasteiger partial charge in [-0.25, -0.2) is 13.4 Å². The molecule has 0 saturated carbocycles. The third-order valence-electron chi connectivity index (χ3n) is 4.39. The first-order valence-corrected chi connectivity index (χ1v) is 11.3. The molecule has 1 aromatic heterocycles. The number of fused-ring (bicyclic) bond motifs is 1. The van der Waals surface area contributed by atoms with Crippen molar-refractivity contribution in [2.45, 2.75) is 39.7 Å². The highest BCUT2D eigenvalue weighted by molar-refractivity contribution is 7.92. The summed E-state index contributed by atoms with van der Waals surface area (Å²) in [7, 11) is -3.25. The Balaban J connectivity index is 1.80. The van der Waals surface area contributed by atoms with Gasteiger partial charge in [0.05, 0.1) is 17.6 Å². The van der Waals surface area contributed by atoms with E-state index in [2.05, 4.69) is 30.2 Å². The smallest absolute Gasteiger partial charge is 0.232 e. The van der Waals surface area contributed by atoms with E-state index in [0.29, 0.717) is 5.92 Å². The van der Waals surface area contributed by atoms with Gasteiger partial charge in [-0.1, -0.05) is 19.9 Å². The van der Waals surface area contributed by atoms with Crippen LogP contribution in [-0.2, 0) is 16.4 Å². The zero-order valence-electron chi connectivity index (χ0n) is 15.1. The van der Waals surface area contributed by atoms with Crippen molar-refractivity contribution < 1.29 is 8.42 Å². The zero-order chi connectivity index (χ0) is 18.2. The van der Waals surface area contributed by atoms with E-state index in [1.165, 1.54) is 10.6 Å². The number of hydrogen-bond donors (Lipinski definition) is 1. The SMILES string of the molecule is CC(C)CCNc1nc(-c2ccc3c(c2)C[C@@H](C)N3S(C)(=O)=O)cs1. The molecule has 0 aliphatic carbocycles. The van der Waals surface area contributed by atoms with Gasteiger partial charge in [0.2, 0.25) is 10.0 Å². The van der Waals surface area contributed by atoms with E-state index >= 15 is 0 Å². The van der Waals surface area contributed by atoms with E-state index in [1.807, 2.05) is 24.4 Å². The second kappa shape index (κ2) is 6.96. The Morgan fingerprint density at radius 1 is 1.40 bits per heavy atom. The minimum Gasteiger partial charge on any atom is -0.361 e. The molecule has 136 valence electrons. The van der Waals surface area contributed by atoms with Gasteiger partial charge < -0.3 is 5.32 Å². The molecule has 25 heavy (non-hydrogen) atoms. The van der Waals surface area contributed by atoms with Crippen LogP contribution in [0, 0.1) is 5.92 Å². The van der Waals surface area contributed by atoms with Gasteiger partial charge in [0.1, 0.15) is 0 Å². The maximum Gasteiger partial charge on any atom is 0.232 e. The van der Waals surface area contributed by atoms with Crippen molar-refractivity contribution in [3.8, 4) is 11.3 Å². The lowest BCUT2D eigenvalue weighted by Crippen LogP contribution is -2.34. The summed E-state index contributed by atoms with van der Waals surface area (Å²) in [5, 5.41) is 6.35. The molecule has 1 aliphatic rings. The first kappa shape index (κ1) is 18.2. The molecule has 0 saturated heterocycles. The first-order chi connectivity index (χ1) is 11.8. The number of nitrogens with one attached hydrogen (secondary N) is 1. The van der Waals surface area contributed by atoms with Crippen molar-refractivity contribution in [3.05, 3.63) is 29.1 Å². The fourth-order valence-electron chi connectivity index (χ4n) is 3.22. The highest BCUT2D eigenvalue weighted by atomic mass is 32.2. The molecule has 1 aromatic carbocycles. The lowest BCUT2D eigenvalue weighted by atomic mass is 10.1. The summed E-state index contributed by atoms with van der Waals surface area (Å²) in [6.07, 6.45) is 3.12. The van der Waals surface area contributed by atoms with Crippen molar-refractivity contribution in [1.29, 1.82) is 0 Å². The van der Waals surface area contributed by atoms with E-state index in [-0.39, 0.29) is 6.04 Å². The van der Waals surface area contributed by atoms with Crippen LogP contribution in [0.4, 0.5) is 10.8 Å². The number of sulfonamides is 1. The Morgan fingerprint density at radius 3 is 2.84 bits per heavy atom. The van der Waals surface area contributed by atoms with Crippen molar-refractivity contribution in [2.75, 3.05) is 22.4 Å². The van der Waals surface area contributed by atoms with Gasteiger partial charge in [-0.2, -0.15) is 0 Å². The summed E-state index contributed by atoms with van der Waals surface area (Å²) in [4.78, 5) is 4.67. The standard InChI is InChI=1S/C18H25N3O2S2/c1-12(2)7-8-19-18-20-16(11-24-18)14-5-6-17-15(10-14)9-13(3)21(17)25(4,22)23/h5-6,10-13H,7-9H2,1-4H3,(H,19,20)/t13-/m1/s1. The van der Waals surface area contributed by atoms with Gasteiger partial charge in [-0.15, -0.1) is 11.3 Å². The monoisotopic (exact) mass is 379 g/mol. The third-order valence-corrected chi connectivity index (χ3v) is 6.46. The third kappa shape index (κ3) is 3.98. The average molecular weight is 380 g/mol. The predicted octanol–water partition coefficient (Wildman–Crippen LogP) is 3.98. The largest absolute Gasteiger partial charge is 0.361 e. The highest BCUT2D eigenvalue weighted by Gasteiger charge is 2.32. The molecule has 3 rings (SSSR count). The van der Waals surface area contributed by atoms with Crippen molar-refractivity contribution in [3.63, 3.8) is 0 Å². The topological polar surface area (TPSA) is 62.3 Å². The molecule has 1 atom stereocenters. The van der Waals surface area contributed by atoms with Crippen LogP contribution in [0.5, 0.6) is 0 Å². The second-order valence-electron chi connectivity index (χ2n) is 7.10. The first-order valence-electron chi connectivity index (χ1n) is 8.58. The van der Waals surface area contributed by atoms with Crippen LogP contribution >= 0.6 is 11.3 Å². The molecule has 0 bridgehead atoms. The van der Waals surface area contributed by atoms with Gasteiger partial charge in [-0.05, 0) is 43.4 Å². The predicted molar refractivity (Wildman–Crippen MR) is 106 cm³/mol. The molecule has 1 aliphatic heterocycles. The molecular weight excluding hydrogens is 354 g/mol. The van der Waals surface area contributed by atoms with E-state index in [1.54, 1.807) is 11.3 Å². The molecule has 5 nitrogen and oxygen atoms in total. The number of benzene rings is 1. The van der Waals surface area contributed by atoms with Crippen LogP contribution in [0.2, 0.25) is 0 Å². The Bertz CT molecular complexity index is 859. The number of hydrogen-bond acceptors (Lipinski definition) is 5. The van der Waals surface area contributed by atoms with Crippen LogP contribution < -0.4 is 9.62 Å². The lowest BCUT2D eigenvalue weighted by molar-refractivity contribution is 0.590. The summed E-state index contributed by atoms with van der Waals surface area (Å²) in [5.41, 5.74) is 3.83. The number of rotatable bonds is 6. The Morgan fingerprint density at radius 2 is 2.16 bits per heavy atom. The minimum absolute atomic E-state index is 0.0380. The zero-order valence-corrected chi connectivity index (χ0v) is 16.7. The Labute approximate surface area is 154 Å². The molecule has 0 unspecified atom stereocenters. The summed E-state index contributed by atoms with van der Waals surface area (Å²) >= 11 is 1.61. The van der Waals surface area contributed by atoms with E-state index in [4.69, 9.17) is 0 Å². The van der Waals surface area contributed by atoms with Crippen LogP contribution in [0.3, 0.4) is 0 Å². The van der Waals surface area contributed by atoms with Gasteiger partial charge in [-0.3, -0.25) is 4.31 Å².